The number of ether oxygens (including phenoxy) is 5. The number of ketones is 3. The number of esters is 1. The Morgan fingerprint density at radius 3 is 2.29 bits per heavy atom. The van der Waals surface area contributed by atoms with E-state index in [0.717, 1.165) is 25.2 Å². The van der Waals surface area contributed by atoms with Crippen LogP contribution in [0, 0.1) is 36.4 Å². The summed E-state index contributed by atoms with van der Waals surface area (Å²) < 4.78 is 47.9. The Labute approximate surface area is 438 Å². The number of nitrogens with one attached hydrogen (secondary N) is 2. The average molecular weight is 1050 g/mol. The van der Waals surface area contributed by atoms with Crippen LogP contribution in [0.4, 0.5) is 10.1 Å². The number of phenols is 1. The predicted molar refractivity (Wildman–Crippen MR) is 277 cm³/mol. The quantitative estimate of drug-likeness (QED) is 0.109. The molecule has 5 bridgehead atoms. The summed E-state index contributed by atoms with van der Waals surface area (Å²) in [5.74, 6) is -11.5. The number of hydrogen-bond acceptors (Lipinski definition) is 17. The van der Waals surface area contributed by atoms with Crippen LogP contribution in [-0.4, -0.2) is 118 Å². The van der Waals surface area contributed by atoms with E-state index in [-0.39, 0.29) is 70.4 Å². The number of benzene rings is 2. The van der Waals surface area contributed by atoms with Crippen LogP contribution >= 0.6 is 0 Å². The number of nitrogens with zero attached hydrogens (tertiary/aromatic N) is 2. The minimum Gasteiger partial charge on any atom is -0.508 e. The lowest BCUT2D eigenvalue weighted by Crippen LogP contribution is -2.46. The molecule has 4 aliphatic heterocycles. The number of methoxy groups -OCH3 is 2. The van der Waals surface area contributed by atoms with E-state index in [1.165, 1.54) is 66.3 Å². The van der Waals surface area contributed by atoms with Crippen LogP contribution in [0.2, 0.25) is 0 Å². The number of amides is 1. The highest BCUT2D eigenvalue weighted by atomic mass is 19.1. The van der Waals surface area contributed by atoms with Gasteiger partial charge in [-0.2, -0.15) is 0 Å². The molecule has 0 spiro atoms. The molecule has 6 aliphatic rings. The normalized spacial score (nSPS) is 29.8. The van der Waals surface area contributed by atoms with E-state index in [0.29, 0.717) is 5.52 Å². The molecule has 20 heteroatoms. The second-order valence-corrected chi connectivity index (χ2v) is 20.7. The number of aliphatic hydroxyl groups excluding tert-OH is 3. The van der Waals surface area contributed by atoms with Crippen molar-refractivity contribution in [2.45, 2.75) is 117 Å². The molecule has 0 radical (unpaired) electrons. The van der Waals surface area contributed by atoms with Gasteiger partial charge in [-0.15, -0.1) is 0 Å². The molecule has 10 atom stereocenters. The van der Waals surface area contributed by atoms with Crippen LogP contribution in [0.5, 0.6) is 17.2 Å². The molecule has 9 rings (SSSR count). The summed E-state index contributed by atoms with van der Waals surface area (Å²) >= 11 is 0. The van der Waals surface area contributed by atoms with E-state index in [1.54, 1.807) is 43.2 Å². The molecular weight excluding hydrogens is 988 g/mol. The van der Waals surface area contributed by atoms with Crippen molar-refractivity contribution in [2.24, 2.45) is 23.7 Å². The number of rotatable bonds is 8. The van der Waals surface area contributed by atoms with Crippen LogP contribution in [0.1, 0.15) is 116 Å². The fourth-order valence-electron chi connectivity index (χ4n) is 10.9. The van der Waals surface area contributed by atoms with Crippen molar-refractivity contribution in [1.29, 1.82) is 0 Å². The average Bonchev–Trinajstić information content (AvgIpc) is 4.14. The number of aliphatic hydroxyl groups is 3. The molecule has 1 saturated carbocycles. The molecule has 1 aromatic heterocycles. The van der Waals surface area contributed by atoms with Gasteiger partial charge < -0.3 is 64.2 Å². The first-order chi connectivity index (χ1) is 35.9. The monoisotopic (exact) mass is 1050 g/mol. The maximum atomic E-state index is 16.5. The molecule has 5 heterocycles. The van der Waals surface area contributed by atoms with Crippen molar-refractivity contribution in [3.8, 4) is 17.2 Å². The lowest BCUT2D eigenvalue weighted by atomic mass is 9.78. The minimum atomic E-state index is -2.20. The molecule has 406 valence electrons. The van der Waals surface area contributed by atoms with Gasteiger partial charge >= 0.3 is 11.8 Å². The molecular formula is C56H65FN4O15. The van der Waals surface area contributed by atoms with E-state index in [4.69, 9.17) is 23.7 Å². The summed E-state index contributed by atoms with van der Waals surface area (Å²) in [7, 11) is 2.75. The summed E-state index contributed by atoms with van der Waals surface area (Å²) in [4.78, 5) is 86.8. The second kappa shape index (κ2) is 21.0. The Bertz CT molecular complexity index is 3150. The van der Waals surface area contributed by atoms with Gasteiger partial charge in [-0.1, -0.05) is 52.5 Å². The molecule has 2 aromatic carbocycles. The summed E-state index contributed by atoms with van der Waals surface area (Å²) in [6.45, 7) is 15.8. The number of carbonyl (C=O) groups excluding carboxylic acids is 5. The van der Waals surface area contributed by atoms with Gasteiger partial charge in [0.1, 0.15) is 40.4 Å². The molecule has 1 amide bonds. The van der Waals surface area contributed by atoms with E-state index >= 15 is 9.18 Å². The number of fused-ring (bicyclic) bond motifs is 15. The number of pyridine rings is 1. The van der Waals surface area contributed by atoms with Gasteiger partial charge in [0.2, 0.25) is 17.0 Å². The van der Waals surface area contributed by atoms with Crippen molar-refractivity contribution < 1.29 is 72.5 Å². The van der Waals surface area contributed by atoms with Crippen molar-refractivity contribution in [1.82, 2.24) is 15.2 Å². The smallest absolute Gasteiger partial charge is 0.312 e. The highest BCUT2D eigenvalue weighted by molar-refractivity contribution is 6.32. The van der Waals surface area contributed by atoms with Gasteiger partial charge in [0.25, 0.3) is 11.7 Å². The Morgan fingerprint density at radius 2 is 1.66 bits per heavy atom. The van der Waals surface area contributed by atoms with Crippen LogP contribution in [-0.2, 0) is 23.8 Å². The van der Waals surface area contributed by atoms with Crippen LogP contribution in [0.25, 0.3) is 16.7 Å². The zero-order valence-corrected chi connectivity index (χ0v) is 44.1. The number of carbonyl (C=O) groups is 5. The van der Waals surface area contributed by atoms with Gasteiger partial charge in [-0.05, 0) is 45.3 Å². The Kier molecular flexibility index (Phi) is 15.2. The summed E-state index contributed by atoms with van der Waals surface area (Å²) in [6.07, 6.45) is 6.21. The third kappa shape index (κ3) is 9.66. The van der Waals surface area contributed by atoms with Crippen LogP contribution in [0.15, 0.2) is 71.2 Å². The van der Waals surface area contributed by atoms with Crippen molar-refractivity contribution in [3.05, 3.63) is 110 Å². The van der Waals surface area contributed by atoms with Gasteiger partial charge in [-0.3, -0.25) is 28.8 Å². The largest absolute Gasteiger partial charge is 0.508 e. The first-order valence-electron chi connectivity index (χ1n) is 25.3. The van der Waals surface area contributed by atoms with Gasteiger partial charge in [0.15, 0.2) is 11.6 Å². The maximum absolute atomic E-state index is 16.5. The summed E-state index contributed by atoms with van der Waals surface area (Å²) in [5.41, 5.74) is -2.87. The molecule has 3 aromatic rings. The highest BCUT2D eigenvalue weighted by Crippen LogP contribution is 2.49. The zero-order valence-electron chi connectivity index (χ0n) is 44.1. The van der Waals surface area contributed by atoms with E-state index < -0.39 is 134 Å². The van der Waals surface area contributed by atoms with Crippen LogP contribution < -0.4 is 30.4 Å². The van der Waals surface area contributed by atoms with Gasteiger partial charge in [0.05, 0.1) is 64.8 Å². The number of phenolic OH excluding ortho intramolecular Hbond substituents is 1. The Morgan fingerprint density at radius 1 is 0.961 bits per heavy atom. The third-order valence-electron chi connectivity index (χ3n) is 15.5. The van der Waals surface area contributed by atoms with Crippen molar-refractivity contribution >= 4 is 51.6 Å². The summed E-state index contributed by atoms with van der Waals surface area (Å²) in [6, 6.07) is 0.289. The molecule has 2 fully saturated rings. The zero-order chi connectivity index (χ0) is 55.6. The second-order valence-electron chi connectivity index (χ2n) is 20.7. The first kappa shape index (κ1) is 55.0. The van der Waals surface area contributed by atoms with E-state index in [9.17, 15) is 44.4 Å². The number of allylic oxidation sites excluding steroid dienone is 4. The predicted octanol–water partition coefficient (Wildman–Crippen LogP) is 6.15. The lowest BCUT2D eigenvalue weighted by molar-refractivity contribution is -0.160. The fourth-order valence-corrected chi connectivity index (χ4v) is 10.9. The standard InChI is InChI=1S/C56H65FN4O15/c1-24-13-12-14-25(2)55(71)59-42-41(58-32-17-19-60(22-32)44-36(57)21-34-43(53(44)73-11)61(33-15-16-33)23-35(30(7)62)48(34)67)49(68)38-39(50(42)69)47(66)29(6)52-40(38)54(70)56(9,76-52)74-20-18-37(72-10)26(3)51(75-31(8)63)28(5)46(65)27(4)45(24)64/h12-14,18,20-21,23-24,26-28,32-33,37,45-46,51,58,62,64-66H,7,15-17,19,22H2,1-6,8-11H3,(H,59,71)/b13-12+,20-18+,25-14-/t24-,26+,27+,28+,32?,37-,45-,46+,51+,56-/m0/s1. The third-order valence-corrected chi connectivity index (χ3v) is 15.5. The SMILES string of the molecule is C=C(O)c1cn(C2CC2)c2c(OC)c(N3CCC(NC4=C5NC(=O)/C(C)=C\C=C\[C@H](C)[C@H](O)[C@@H](C)[C@@H](O)[C@@H](C)[C@H](OC(C)=O)[C@H](C)[C@@H](OC)/C=C/O[C@@]6(C)Oc7c(C)c(O)c(c(c7C6=O)C4=O)C5=O)C3)c(F)cc2c1=O. The maximum Gasteiger partial charge on any atom is 0.312 e. The summed E-state index contributed by atoms with van der Waals surface area (Å²) in [5, 5.41) is 50.9. The molecule has 2 aliphatic carbocycles. The number of anilines is 1. The number of aromatic nitrogens is 1. The number of hydrogen-bond donors (Lipinski definition) is 6. The molecule has 6 N–H and O–H groups in total. The lowest BCUT2D eigenvalue weighted by Gasteiger charge is -2.38. The van der Waals surface area contributed by atoms with E-state index in [2.05, 4.69) is 17.2 Å². The highest BCUT2D eigenvalue weighted by Gasteiger charge is 2.53. The van der Waals surface area contributed by atoms with Gasteiger partial charge in [-0.25, -0.2) is 4.39 Å². The topological polar surface area (TPSA) is 262 Å². The number of halogens is 1. The van der Waals surface area contributed by atoms with Crippen molar-refractivity contribution in [2.75, 3.05) is 32.2 Å². The van der Waals surface area contributed by atoms with Gasteiger partial charge in [0, 0.05) is 87.1 Å². The molecule has 1 unspecified atom stereocenters. The molecule has 76 heavy (non-hydrogen) atoms. The number of Topliss-reactive ketones (excluding diaryl/α,β-unsaturated/α-hetero) is 3. The van der Waals surface area contributed by atoms with Crippen LogP contribution in [0.3, 0.4) is 0 Å². The fraction of sp³-hybridized carbons (Fsp3) is 0.464. The van der Waals surface area contributed by atoms with Crippen molar-refractivity contribution in [3.63, 3.8) is 0 Å². The Hall–Kier alpha value is -7.29. The first-order valence-corrected chi connectivity index (χ1v) is 25.3. The number of aromatic hydroxyl groups is 1. The Balaban J connectivity index is 1.21. The molecule has 19 nitrogen and oxygen atoms in total. The van der Waals surface area contributed by atoms with E-state index in [1.807, 2.05) is 0 Å². The minimum absolute atomic E-state index is 0.0142. The molecule has 1 saturated heterocycles.